The van der Waals surface area contributed by atoms with Gasteiger partial charge in [-0.25, -0.2) is 0 Å². The Morgan fingerprint density at radius 2 is 2.06 bits per heavy atom. The van der Waals surface area contributed by atoms with E-state index in [1.54, 1.807) is 0 Å². The molecular weight excluding hydrogens is 214 g/mol. The first kappa shape index (κ1) is 14.2. The molecule has 0 amide bonds. The molecule has 0 bridgehead atoms. The Morgan fingerprint density at radius 3 is 2.59 bits per heavy atom. The number of rotatable bonds is 7. The Labute approximate surface area is 104 Å². The number of nitrogens with zero attached hydrogens (tertiary/aromatic N) is 2. The van der Waals surface area contributed by atoms with Crippen LogP contribution in [-0.2, 0) is 4.74 Å². The SMILES string of the molecule is Cc1cnn([C@H](C)[C@@H](C)NCCOC(C)C)c1. The van der Waals surface area contributed by atoms with E-state index in [0.29, 0.717) is 18.2 Å². The van der Waals surface area contributed by atoms with Crippen molar-refractivity contribution in [2.45, 2.75) is 52.8 Å². The second-order valence-corrected chi connectivity index (χ2v) is 4.90. The van der Waals surface area contributed by atoms with Crippen LogP contribution >= 0.6 is 0 Å². The maximum atomic E-state index is 5.50. The van der Waals surface area contributed by atoms with Gasteiger partial charge in [0.25, 0.3) is 0 Å². The summed E-state index contributed by atoms with van der Waals surface area (Å²) in [5.41, 5.74) is 1.20. The number of nitrogens with one attached hydrogen (secondary N) is 1. The molecule has 0 aliphatic carbocycles. The summed E-state index contributed by atoms with van der Waals surface area (Å²) in [6, 6.07) is 0.729. The molecule has 0 saturated heterocycles. The Balaban J connectivity index is 2.29. The minimum Gasteiger partial charge on any atom is -0.377 e. The van der Waals surface area contributed by atoms with Gasteiger partial charge in [0.2, 0.25) is 0 Å². The maximum absolute atomic E-state index is 5.50. The van der Waals surface area contributed by atoms with E-state index in [4.69, 9.17) is 4.74 Å². The first-order valence-electron chi connectivity index (χ1n) is 6.36. The standard InChI is InChI=1S/C13H25N3O/c1-10(2)17-7-6-14-12(4)13(5)16-9-11(3)8-15-16/h8-10,12-14H,6-7H2,1-5H3/t12-,13-/m1/s1. The van der Waals surface area contributed by atoms with E-state index in [1.807, 2.05) is 10.9 Å². The van der Waals surface area contributed by atoms with Gasteiger partial charge in [0, 0.05) is 18.8 Å². The van der Waals surface area contributed by atoms with Crippen molar-refractivity contribution < 1.29 is 4.74 Å². The lowest BCUT2D eigenvalue weighted by molar-refractivity contribution is 0.0786. The first-order valence-corrected chi connectivity index (χ1v) is 6.36. The maximum Gasteiger partial charge on any atom is 0.0641 e. The van der Waals surface area contributed by atoms with Crippen molar-refractivity contribution in [3.63, 3.8) is 0 Å². The molecule has 98 valence electrons. The molecule has 4 nitrogen and oxygen atoms in total. The van der Waals surface area contributed by atoms with Crippen LogP contribution in [-0.4, -0.2) is 35.1 Å². The van der Waals surface area contributed by atoms with Crippen molar-refractivity contribution in [1.29, 1.82) is 0 Å². The van der Waals surface area contributed by atoms with Crippen LogP contribution in [0.3, 0.4) is 0 Å². The highest BCUT2D eigenvalue weighted by Crippen LogP contribution is 2.10. The molecule has 4 heteroatoms. The summed E-state index contributed by atoms with van der Waals surface area (Å²) < 4.78 is 7.51. The van der Waals surface area contributed by atoms with Gasteiger partial charge in [-0.15, -0.1) is 0 Å². The molecule has 1 aromatic rings. The molecule has 1 heterocycles. The third-order valence-electron chi connectivity index (χ3n) is 2.89. The van der Waals surface area contributed by atoms with Crippen LogP contribution in [0.1, 0.15) is 39.3 Å². The predicted octanol–water partition coefficient (Wildman–Crippen LogP) is 2.16. The molecule has 2 atom stereocenters. The van der Waals surface area contributed by atoms with E-state index < -0.39 is 0 Å². The number of aryl methyl sites for hydroxylation is 1. The fourth-order valence-corrected chi connectivity index (χ4v) is 1.64. The van der Waals surface area contributed by atoms with Crippen molar-refractivity contribution in [2.75, 3.05) is 13.2 Å². The highest BCUT2D eigenvalue weighted by molar-refractivity contribution is 5.00. The molecule has 0 aliphatic rings. The highest BCUT2D eigenvalue weighted by Gasteiger charge is 2.13. The lowest BCUT2D eigenvalue weighted by atomic mass is 10.2. The van der Waals surface area contributed by atoms with Gasteiger partial charge >= 0.3 is 0 Å². The Bertz CT molecular complexity index is 322. The van der Waals surface area contributed by atoms with Crippen molar-refractivity contribution in [3.8, 4) is 0 Å². The summed E-state index contributed by atoms with van der Waals surface area (Å²) in [7, 11) is 0. The lowest BCUT2D eigenvalue weighted by Crippen LogP contribution is -2.36. The van der Waals surface area contributed by atoms with Crippen LogP contribution in [0.2, 0.25) is 0 Å². The molecular formula is C13H25N3O. The second kappa shape index (κ2) is 6.77. The van der Waals surface area contributed by atoms with Crippen LogP contribution < -0.4 is 5.32 Å². The van der Waals surface area contributed by atoms with Gasteiger partial charge in [-0.2, -0.15) is 5.10 Å². The smallest absolute Gasteiger partial charge is 0.0641 e. The monoisotopic (exact) mass is 239 g/mol. The minimum absolute atomic E-state index is 0.304. The first-order chi connectivity index (χ1) is 8.00. The van der Waals surface area contributed by atoms with Crippen molar-refractivity contribution in [3.05, 3.63) is 18.0 Å². The molecule has 0 unspecified atom stereocenters. The van der Waals surface area contributed by atoms with Gasteiger partial charge in [-0.3, -0.25) is 4.68 Å². The normalized spacial score (nSPS) is 15.2. The van der Waals surface area contributed by atoms with E-state index in [1.165, 1.54) is 5.56 Å². The minimum atomic E-state index is 0.304. The molecule has 17 heavy (non-hydrogen) atoms. The van der Waals surface area contributed by atoms with Crippen LogP contribution in [0, 0.1) is 6.92 Å². The van der Waals surface area contributed by atoms with Gasteiger partial charge in [-0.1, -0.05) is 0 Å². The van der Waals surface area contributed by atoms with Crippen molar-refractivity contribution in [1.82, 2.24) is 15.1 Å². The molecule has 0 saturated carbocycles. The third-order valence-corrected chi connectivity index (χ3v) is 2.89. The zero-order valence-corrected chi connectivity index (χ0v) is 11.6. The largest absolute Gasteiger partial charge is 0.377 e. The molecule has 1 N–H and O–H groups in total. The number of aromatic nitrogens is 2. The van der Waals surface area contributed by atoms with Gasteiger partial charge in [-0.05, 0) is 40.2 Å². The summed E-state index contributed by atoms with van der Waals surface area (Å²) in [6.07, 6.45) is 4.27. The van der Waals surface area contributed by atoms with Crippen LogP contribution in [0.4, 0.5) is 0 Å². The number of hydrogen-bond acceptors (Lipinski definition) is 3. The van der Waals surface area contributed by atoms with Crippen molar-refractivity contribution in [2.24, 2.45) is 0 Å². The second-order valence-electron chi connectivity index (χ2n) is 4.90. The highest BCUT2D eigenvalue weighted by atomic mass is 16.5. The quantitative estimate of drug-likeness (QED) is 0.741. The predicted molar refractivity (Wildman–Crippen MR) is 70.2 cm³/mol. The Hall–Kier alpha value is -0.870. The van der Waals surface area contributed by atoms with Gasteiger partial charge in [0.05, 0.1) is 24.9 Å². The molecule has 0 fully saturated rings. The Morgan fingerprint density at radius 1 is 1.35 bits per heavy atom. The van der Waals surface area contributed by atoms with Gasteiger partial charge in [0.1, 0.15) is 0 Å². The Kier molecular flexibility index (Phi) is 5.65. The zero-order valence-electron chi connectivity index (χ0n) is 11.6. The van der Waals surface area contributed by atoms with Gasteiger partial charge in [0.15, 0.2) is 0 Å². The van der Waals surface area contributed by atoms with E-state index in [9.17, 15) is 0 Å². The van der Waals surface area contributed by atoms with Crippen molar-refractivity contribution >= 4 is 0 Å². The number of hydrogen-bond donors (Lipinski definition) is 1. The molecule has 0 radical (unpaired) electrons. The molecule has 0 aliphatic heterocycles. The molecule has 0 spiro atoms. The topological polar surface area (TPSA) is 39.1 Å². The average Bonchev–Trinajstić information content (AvgIpc) is 2.69. The third kappa shape index (κ3) is 4.88. The van der Waals surface area contributed by atoms with Gasteiger partial charge < -0.3 is 10.1 Å². The molecule has 1 aromatic heterocycles. The lowest BCUT2D eigenvalue weighted by Gasteiger charge is -2.22. The average molecular weight is 239 g/mol. The van der Waals surface area contributed by atoms with E-state index >= 15 is 0 Å². The zero-order chi connectivity index (χ0) is 12.8. The van der Waals surface area contributed by atoms with E-state index in [0.717, 1.165) is 13.2 Å². The molecule has 0 aromatic carbocycles. The summed E-state index contributed by atoms with van der Waals surface area (Å²) in [4.78, 5) is 0. The summed E-state index contributed by atoms with van der Waals surface area (Å²) in [5.74, 6) is 0. The number of ether oxygens (including phenoxy) is 1. The fraction of sp³-hybridized carbons (Fsp3) is 0.769. The molecule has 1 rings (SSSR count). The van der Waals surface area contributed by atoms with Crippen LogP contribution in [0.25, 0.3) is 0 Å². The van der Waals surface area contributed by atoms with Crippen LogP contribution in [0.15, 0.2) is 12.4 Å². The van der Waals surface area contributed by atoms with Crippen LogP contribution in [0.5, 0.6) is 0 Å². The van der Waals surface area contributed by atoms with E-state index in [-0.39, 0.29) is 0 Å². The van der Waals surface area contributed by atoms with E-state index in [2.05, 4.69) is 51.2 Å². The summed E-state index contributed by atoms with van der Waals surface area (Å²) >= 11 is 0. The summed E-state index contributed by atoms with van der Waals surface area (Å²) in [6.45, 7) is 12.2. The fourth-order valence-electron chi connectivity index (χ4n) is 1.64. The summed E-state index contributed by atoms with van der Waals surface area (Å²) in [5, 5.41) is 7.80.